The van der Waals surface area contributed by atoms with Crippen molar-refractivity contribution in [2.45, 2.75) is 36.6 Å². The topological polar surface area (TPSA) is 33.1 Å². The van der Waals surface area contributed by atoms with E-state index in [2.05, 4.69) is 4.98 Å². The maximum atomic E-state index is 9.18. The van der Waals surface area contributed by atoms with Crippen molar-refractivity contribution in [3.05, 3.63) is 23.4 Å². The van der Waals surface area contributed by atoms with Gasteiger partial charge >= 0.3 is 0 Å². The standard InChI is InChI=1S/C10H13NOS/c1-7-4-5-11-10(9(7)6-12)13-8-2-3-8/h4-5,8,12H,2-3,6H2,1H3. The molecule has 0 aliphatic heterocycles. The van der Waals surface area contributed by atoms with Gasteiger partial charge in [-0.1, -0.05) is 0 Å². The van der Waals surface area contributed by atoms with Crippen LogP contribution in [0.2, 0.25) is 0 Å². The van der Waals surface area contributed by atoms with E-state index in [0.29, 0.717) is 0 Å². The van der Waals surface area contributed by atoms with E-state index in [-0.39, 0.29) is 6.61 Å². The van der Waals surface area contributed by atoms with Gasteiger partial charge in [0.25, 0.3) is 0 Å². The molecular formula is C10H13NOS. The van der Waals surface area contributed by atoms with Crippen molar-refractivity contribution in [2.75, 3.05) is 0 Å². The smallest absolute Gasteiger partial charge is 0.102 e. The molecule has 3 heteroatoms. The first kappa shape index (κ1) is 9.03. The third-order valence-electron chi connectivity index (χ3n) is 2.21. The summed E-state index contributed by atoms with van der Waals surface area (Å²) in [6.07, 6.45) is 4.41. The highest BCUT2D eigenvalue weighted by Crippen LogP contribution is 2.39. The molecule has 1 aromatic heterocycles. The Hall–Kier alpha value is -0.540. The summed E-state index contributed by atoms with van der Waals surface area (Å²) in [5, 5.41) is 10.9. The van der Waals surface area contributed by atoms with Gasteiger partial charge in [0.15, 0.2) is 0 Å². The van der Waals surface area contributed by atoms with E-state index in [1.165, 1.54) is 12.8 Å². The van der Waals surface area contributed by atoms with Crippen molar-refractivity contribution in [3.63, 3.8) is 0 Å². The average molecular weight is 195 g/mol. The monoisotopic (exact) mass is 195 g/mol. The zero-order valence-corrected chi connectivity index (χ0v) is 8.47. The number of rotatable bonds is 3. The summed E-state index contributed by atoms with van der Waals surface area (Å²) in [5.41, 5.74) is 2.14. The molecule has 13 heavy (non-hydrogen) atoms. The number of aromatic nitrogens is 1. The summed E-state index contributed by atoms with van der Waals surface area (Å²) in [6.45, 7) is 2.12. The number of aliphatic hydroxyl groups is 1. The summed E-state index contributed by atoms with van der Waals surface area (Å²) in [4.78, 5) is 4.29. The van der Waals surface area contributed by atoms with Crippen molar-refractivity contribution >= 4 is 11.8 Å². The van der Waals surface area contributed by atoms with Gasteiger partial charge in [0, 0.05) is 17.0 Å². The molecule has 0 radical (unpaired) electrons. The molecular weight excluding hydrogens is 182 g/mol. The molecule has 1 aliphatic carbocycles. The van der Waals surface area contributed by atoms with Crippen molar-refractivity contribution in [1.82, 2.24) is 4.98 Å². The summed E-state index contributed by atoms with van der Waals surface area (Å²) in [7, 11) is 0. The molecule has 70 valence electrons. The normalized spacial score (nSPS) is 16.2. The quantitative estimate of drug-likeness (QED) is 0.802. The third kappa shape index (κ3) is 2.03. The van der Waals surface area contributed by atoms with Crippen LogP contribution in [-0.2, 0) is 6.61 Å². The summed E-state index contributed by atoms with van der Waals surface area (Å²) in [5.74, 6) is 0. The molecule has 0 saturated heterocycles. The number of thioether (sulfide) groups is 1. The van der Waals surface area contributed by atoms with Crippen molar-refractivity contribution in [3.8, 4) is 0 Å². The number of hydrogen-bond donors (Lipinski definition) is 1. The van der Waals surface area contributed by atoms with Crippen LogP contribution in [0.1, 0.15) is 24.0 Å². The number of aliphatic hydroxyl groups excluding tert-OH is 1. The lowest BCUT2D eigenvalue weighted by Crippen LogP contribution is -1.95. The van der Waals surface area contributed by atoms with Gasteiger partial charge < -0.3 is 5.11 Å². The Bertz CT molecular complexity index is 310. The molecule has 0 atom stereocenters. The van der Waals surface area contributed by atoms with E-state index >= 15 is 0 Å². The minimum absolute atomic E-state index is 0.106. The molecule has 1 aliphatic rings. The van der Waals surface area contributed by atoms with Gasteiger partial charge in [-0.2, -0.15) is 0 Å². The molecule has 0 unspecified atom stereocenters. The zero-order chi connectivity index (χ0) is 9.26. The van der Waals surface area contributed by atoms with Crippen molar-refractivity contribution in [1.29, 1.82) is 0 Å². The molecule has 1 saturated carbocycles. The maximum Gasteiger partial charge on any atom is 0.102 e. The molecule has 2 rings (SSSR count). The van der Waals surface area contributed by atoms with Crippen LogP contribution in [0.3, 0.4) is 0 Å². The van der Waals surface area contributed by atoms with Gasteiger partial charge in [0.05, 0.1) is 6.61 Å². The lowest BCUT2D eigenvalue weighted by atomic mass is 10.2. The van der Waals surface area contributed by atoms with Crippen LogP contribution >= 0.6 is 11.8 Å². The van der Waals surface area contributed by atoms with Gasteiger partial charge in [-0.25, -0.2) is 4.98 Å². The zero-order valence-electron chi connectivity index (χ0n) is 7.66. The first-order valence-electron chi connectivity index (χ1n) is 4.53. The van der Waals surface area contributed by atoms with E-state index in [4.69, 9.17) is 0 Å². The molecule has 1 N–H and O–H groups in total. The highest BCUT2D eigenvalue weighted by molar-refractivity contribution is 8.00. The Morgan fingerprint density at radius 3 is 3.00 bits per heavy atom. The average Bonchev–Trinajstić information content (AvgIpc) is 2.89. The maximum absolute atomic E-state index is 9.18. The van der Waals surface area contributed by atoms with Gasteiger partial charge in [0.1, 0.15) is 5.03 Å². The number of nitrogens with zero attached hydrogens (tertiary/aromatic N) is 1. The molecule has 0 spiro atoms. The summed E-state index contributed by atoms with van der Waals surface area (Å²) in [6, 6.07) is 1.95. The fourth-order valence-electron chi connectivity index (χ4n) is 1.20. The fourth-order valence-corrected chi connectivity index (χ4v) is 2.38. The Morgan fingerprint density at radius 2 is 2.38 bits per heavy atom. The predicted octanol–water partition coefficient (Wildman–Crippen LogP) is 2.14. The Morgan fingerprint density at radius 1 is 1.62 bits per heavy atom. The molecule has 2 nitrogen and oxygen atoms in total. The van der Waals surface area contributed by atoms with Crippen molar-refractivity contribution < 1.29 is 5.11 Å². The van der Waals surface area contributed by atoms with E-state index in [1.54, 1.807) is 11.8 Å². The van der Waals surface area contributed by atoms with E-state index in [0.717, 1.165) is 21.4 Å². The molecule has 1 fully saturated rings. The summed E-state index contributed by atoms with van der Waals surface area (Å²) < 4.78 is 0. The number of pyridine rings is 1. The Balaban J connectivity index is 2.25. The molecule has 0 aromatic carbocycles. The van der Waals surface area contributed by atoms with Crippen LogP contribution in [0.15, 0.2) is 17.3 Å². The predicted molar refractivity (Wildman–Crippen MR) is 53.8 cm³/mol. The van der Waals surface area contributed by atoms with Crippen LogP contribution in [-0.4, -0.2) is 15.3 Å². The minimum Gasteiger partial charge on any atom is -0.392 e. The molecule has 0 bridgehead atoms. The van der Waals surface area contributed by atoms with Crippen LogP contribution in [0.25, 0.3) is 0 Å². The third-order valence-corrected chi connectivity index (χ3v) is 3.59. The SMILES string of the molecule is Cc1ccnc(SC2CC2)c1CO. The minimum atomic E-state index is 0.106. The van der Waals surface area contributed by atoms with E-state index in [9.17, 15) is 5.11 Å². The molecule has 1 aromatic rings. The fraction of sp³-hybridized carbons (Fsp3) is 0.500. The van der Waals surface area contributed by atoms with Crippen LogP contribution in [0, 0.1) is 6.92 Å². The van der Waals surface area contributed by atoms with Gasteiger partial charge in [0.2, 0.25) is 0 Å². The molecule has 0 amide bonds. The van der Waals surface area contributed by atoms with Gasteiger partial charge in [-0.3, -0.25) is 0 Å². The molecule has 1 heterocycles. The van der Waals surface area contributed by atoms with Crippen LogP contribution in [0.4, 0.5) is 0 Å². The van der Waals surface area contributed by atoms with Gasteiger partial charge in [-0.05, 0) is 31.4 Å². The lowest BCUT2D eigenvalue weighted by Gasteiger charge is -2.07. The first-order valence-corrected chi connectivity index (χ1v) is 5.41. The highest BCUT2D eigenvalue weighted by atomic mass is 32.2. The lowest BCUT2D eigenvalue weighted by molar-refractivity contribution is 0.277. The number of aryl methyl sites for hydroxylation is 1. The number of hydrogen-bond acceptors (Lipinski definition) is 3. The van der Waals surface area contributed by atoms with Crippen LogP contribution < -0.4 is 0 Å². The largest absolute Gasteiger partial charge is 0.392 e. The van der Waals surface area contributed by atoms with E-state index in [1.807, 2.05) is 19.2 Å². The Kier molecular flexibility index (Phi) is 2.56. The van der Waals surface area contributed by atoms with Crippen LogP contribution in [0.5, 0.6) is 0 Å². The summed E-state index contributed by atoms with van der Waals surface area (Å²) >= 11 is 1.80. The first-order chi connectivity index (χ1) is 6.31. The van der Waals surface area contributed by atoms with E-state index < -0.39 is 0 Å². The van der Waals surface area contributed by atoms with Gasteiger partial charge in [-0.15, -0.1) is 11.8 Å². The van der Waals surface area contributed by atoms with Crippen molar-refractivity contribution in [2.24, 2.45) is 0 Å². The second-order valence-corrected chi connectivity index (χ2v) is 4.68. The Labute approximate surface area is 82.4 Å². The highest BCUT2D eigenvalue weighted by Gasteiger charge is 2.24. The second-order valence-electron chi connectivity index (χ2n) is 3.39. The second kappa shape index (κ2) is 3.68.